The normalized spacial score (nSPS) is 13.0. The Morgan fingerprint density at radius 3 is 1.86 bits per heavy atom. The molecule has 0 aromatic heterocycles. The van der Waals surface area contributed by atoms with Crippen LogP contribution in [0.25, 0.3) is 0 Å². The van der Waals surface area contributed by atoms with Gasteiger partial charge >= 0.3 is 6.09 Å². The second-order valence-corrected chi connectivity index (χ2v) is 8.64. The Morgan fingerprint density at radius 2 is 1.43 bits per heavy atom. The van der Waals surface area contributed by atoms with Crippen molar-refractivity contribution in [1.82, 2.24) is 21.3 Å². The largest absolute Gasteiger partial charge is 0.444 e. The number of carbonyl (C=O) groups is 2. The summed E-state index contributed by atoms with van der Waals surface area (Å²) in [5.74, 6) is 0.565. The predicted molar refractivity (Wildman–Crippen MR) is 115 cm³/mol. The van der Waals surface area contributed by atoms with E-state index in [0.717, 1.165) is 12.8 Å². The molecule has 0 saturated carbocycles. The molecule has 0 aromatic rings. The molecule has 0 aliphatic heterocycles. The van der Waals surface area contributed by atoms with Crippen LogP contribution in [-0.2, 0) is 9.53 Å². The highest BCUT2D eigenvalue weighted by molar-refractivity contribution is 5.84. The standard InChI is InChI=1S/C20H41N5O3/c1-10-20(11-2,25-17(27)28-18(4,5)6)14-24-16(21-9)23-13-19(7,8)15(26)22-12-3/h10-14H2,1-9H3,(H,22,26)(H,25,27)(H2,21,23,24). The quantitative estimate of drug-likeness (QED) is 0.352. The summed E-state index contributed by atoms with van der Waals surface area (Å²) >= 11 is 0. The fourth-order valence-electron chi connectivity index (χ4n) is 2.50. The summed E-state index contributed by atoms with van der Waals surface area (Å²) < 4.78 is 5.40. The first kappa shape index (κ1) is 26.0. The first-order valence-corrected chi connectivity index (χ1v) is 10.1. The van der Waals surface area contributed by atoms with E-state index in [9.17, 15) is 9.59 Å². The van der Waals surface area contributed by atoms with Crippen LogP contribution >= 0.6 is 0 Å². The maximum absolute atomic E-state index is 12.2. The van der Waals surface area contributed by atoms with Crippen molar-refractivity contribution in [3.05, 3.63) is 0 Å². The lowest BCUT2D eigenvalue weighted by Gasteiger charge is -2.34. The molecule has 28 heavy (non-hydrogen) atoms. The first-order valence-electron chi connectivity index (χ1n) is 10.1. The van der Waals surface area contributed by atoms with Gasteiger partial charge in [-0.2, -0.15) is 0 Å². The van der Waals surface area contributed by atoms with Crippen LogP contribution in [0.5, 0.6) is 0 Å². The van der Waals surface area contributed by atoms with Crippen LogP contribution in [0.3, 0.4) is 0 Å². The summed E-state index contributed by atoms with van der Waals surface area (Å²) in [5, 5.41) is 12.3. The van der Waals surface area contributed by atoms with Gasteiger partial charge in [0.15, 0.2) is 5.96 Å². The molecule has 0 spiro atoms. The third-order valence-corrected chi connectivity index (χ3v) is 4.59. The monoisotopic (exact) mass is 399 g/mol. The highest BCUT2D eigenvalue weighted by Gasteiger charge is 2.31. The molecule has 0 aliphatic carbocycles. The van der Waals surface area contributed by atoms with Gasteiger partial charge in [0.2, 0.25) is 5.91 Å². The summed E-state index contributed by atoms with van der Waals surface area (Å²) in [6.45, 7) is 16.7. The highest BCUT2D eigenvalue weighted by atomic mass is 16.6. The summed E-state index contributed by atoms with van der Waals surface area (Å²) in [4.78, 5) is 28.6. The summed E-state index contributed by atoms with van der Waals surface area (Å²) in [6.07, 6.45) is 1.03. The number of hydrogen-bond donors (Lipinski definition) is 4. The average Bonchev–Trinajstić information content (AvgIpc) is 2.59. The Balaban J connectivity index is 4.91. The number of rotatable bonds is 9. The molecule has 0 heterocycles. The Hall–Kier alpha value is -1.99. The minimum Gasteiger partial charge on any atom is -0.444 e. The Kier molecular flexibility index (Phi) is 10.3. The van der Waals surface area contributed by atoms with Crippen LogP contribution in [0.1, 0.15) is 68.2 Å². The van der Waals surface area contributed by atoms with Crippen LogP contribution in [0.2, 0.25) is 0 Å². The SMILES string of the molecule is CCNC(=O)C(C)(C)CNC(=NC)NCC(CC)(CC)NC(=O)OC(C)(C)C. The molecular formula is C20H41N5O3. The zero-order valence-corrected chi connectivity index (χ0v) is 19.2. The lowest BCUT2D eigenvalue weighted by atomic mass is 9.92. The van der Waals surface area contributed by atoms with E-state index in [1.54, 1.807) is 7.05 Å². The molecular weight excluding hydrogens is 358 g/mol. The highest BCUT2D eigenvalue weighted by Crippen LogP contribution is 2.17. The number of amides is 2. The van der Waals surface area contributed by atoms with Gasteiger partial charge in [-0.3, -0.25) is 9.79 Å². The number of aliphatic imine (C=N–C) groups is 1. The Labute approximate surface area is 170 Å². The Bertz CT molecular complexity index is 534. The van der Waals surface area contributed by atoms with Crippen LogP contribution < -0.4 is 21.3 Å². The van der Waals surface area contributed by atoms with Gasteiger partial charge in [0.25, 0.3) is 0 Å². The molecule has 0 bridgehead atoms. The summed E-state index contributed by atoms with van der Waals surface area (Å²) in [5.41, 5.74) is -1.59. The number of nitrogens with zero attached hydrogens (tertiary/aromatic N) is 1. The predicted octanol–water partition coefficient (Wildman–Crippen LogP) is 2.40. The van der Waals surface area contributed by atoms with Crippen molar-refractivity contribution in [2.24, 2.45) is 10.4 Å². The van der Waals surface area contributed by atoms with Gasteiger partial charge in [-0.15, -0.1) is 0 Å². The van der Waals surface area contributed by atoms with Crippen molar-refractivity contribution in [1.29, 1.82) is 0 Å². The first-order chi connectivity index (χ1) is 12.8. The number of carbonyl (C=O) groups excluding carboxylic acids is 2. The molecule has 4 N–H and O–H groups in total. The van der Waals surface area contributed by atoms with Gasteiger partial charge < -0.3 is 26.0 Å². The average molecular weight is 400 g/mol. The van der Waals surface area contributed by atoms with E-state index in [4.69, 9.17) is 4.74 Å². The Morgan fingerprint density at radius 1 is 0.893 bits per heavy atom. The zero-order valence-electron chi connectivity index (χ0n) is 19.2. The second kappa shape index (κ2) is 11.1. The van der Waals surface area contributed by atoms with Gasteiger partial charge in [0.05, 0.1) is 11.0 Å². The van der Waals surface area contributed by atoms with E-state index in [1.807, 2.05) is 55.4 Å². The third kappa shape index (κ3) is 9.28. The van der Waals surface area contributed by atoms with Crippen molar-refractivity contribution in [3.8, 4) is 0 Å². The van der Waals surface area contributed by atoms with Gasteiger partial charge in [-0.1, -0.05) is 13.8 Å². The third-order valence-electron chi connectivity index (χ3n) is 4.59. The molecule has 0 fully saturated rings. The lowest BCUT2D eigenvalue weighted by molar-refractivity contribution is -0.128. The fourth-order valence-corrected chi connectivity index (χ4v) is 2.50. The van der Waals surface area contributed by atoms with Crippen molar-refractivity contribution in [2.75, 3.05) is 26.7 Å². The molecule has 8 heteroatoms. The summed E-state index contributed by atoms with van der Waals surface area (Å²) in [6, 6.07) is 0. The van der Waals surface area contributed by atoms with Crippen LogP contribution in [0, 0.1) is 5.41 Å². The lowest BCUT2D eigenvalue weighted by Crippen LogP contribution is -2.57. The zero-order chi connectivity index (χ0) is 22.0. The van der Waals surface area contributed by atoms with Gasteiger partial charge in [-0.05, 0) is 54.4 Å². The topological polar surface area (TPSA) is 104 Å². The summed E-state index contributed by atoms with van der Waals surface area (Å²) in [7, 11) is 1.68. The maximum Gasteiger partial charge on any atom is 0.408 e. The minimum atomic E-state index is -0.574. The number of ether oxygens (including phenoxy) is 1. The van der Waals surface area contributed by atoms with E-state index in [1.165, 1.54) is 0 Å². The van der Waals surface area contributed by atoms with E-state index in [2.05, 4.69) is 26.3 Å². The number of alkyl carbamates (subject to hydrolysis) is 1. The molecule has 0 unspecified atom stereocenters. The molecule has 0 rings (SSSR count). The molecule has 0 atom stereocenters. The van der Waals surface area contributed by atoms with Gasteiger partial charge in [-0.25, -0.2) is 4.79 Å². The molecule has 0 radical (unpaired) electrons. The van der Waals surface area contributed by atoms with Crippen molar-refractivity contribution < 1.29 is 14.3 Å². The minimum absolute atomic E-state index is 0.0130. The second-order valence-electron chi connectivity index (χ2n) is 8.64. The molecule has 0 saturated heterocycles. The molecule has 0 aliphatic rings. The van der Waals surface area contributed by atoms with Crippen LogP contribution in [-0.4, -0.2) is 55.8 Å². The van der Waals surface area contributed by atoms with E-state index < -0.39 is 22.6 Å². The van der Waals surface area contributed by atoms with E-state index in [-0.39, 0.29) is 5.91 Å². The smallest absolute Gasteiger partial charge is 0.408 e. The van der Waals surface area contributed by atoms with E-state index >= 15 is 0 Å². The van der Waals surface area contributed by atoms with Crippen LogP contribution in [0.4, 0.5) is 4.79 Å². The molecule has 8 nitrogen and oxygen atoms in total. The molecule has 2 amide bonds. The van der Waals surface area contributed by atoms with Crippen LogP contribution in [0.15, 0.2) is 4.99 Å². The van der Waals surface area contributed by atoms with Gasteiger partial charge in [0, 0.05) is 26.7 Å². The van der Waals surface area contributed by atoms with Crippen molar-refractivity contribution in [3.63, 3.8) is 0 Å². The maximum atomic E-state index is 12.2. The van der Waals surface area contributed by atoms with E-state index in [0.29, 0.717) is 25.6 Å². The number of hydrogen-bond acceptors (Lipinski definition) is 4. The van der Waals surface area contributed by atoms with Crippen molar-refractivity contribution >= 4 is 18.0 Å². The van der Waals surface area contributed by atoms with Gasteiger partial charge in [0.1, 0.15) is 5.60 Å². The molecule has 164 valence electrons. The number of nitrogens with one attached hydrogen (secondary N) is 4. The number of guanidine groups is 1. The fraction of sp³-hybridized carbons (Fsp3) is 0.850. The molecule has 0 aromatic carbocycles. The van der Waals surface area contributed by atoms with Crippen molar-refractivity contribution in [2.45, 2.75) is 79.4 Å².